The van der Waals surface area contributed by atoms with Gasteiger partial charge in [0.25, 0.3) is 0 Å². The van der Waals surface area contributed by atoms with E-state index in [1.807, 2.05) is 51.2 Å². The summed E-state index contributed by atoms with van der Waals surface area (Å²) in [5, 5.41) is 12.7. The summed E-state index contributed by atoms with van der Waals surface area (Å²) in [6.07, 6.45) is 2.83. The van der Waals surface area contributed by atoms with Crippen LogP contribution in [0.3, 0.4) is 0 Å². The lowest BCUT2D eigenvalue weighted by Gasteiger charge is -2.41. The van der Waals surface area contributed by atoms with Crippen LogP contribution in [-0.4, -0.2) is 127 Å². The number of hydrogen-bond acceptors (Lipinski definition) is 8. The number of nitrogens with zero attached hydrogens (tertiary/aromatic N) is 3. The molecular weight excluding hydrogens is 809 g/mol. The van der Waals surface area contributed by atoms with Crippen LogP contribution in [0.5, 0.6) is 0 Å². The van der Waals surface area contributed by atoms with Crippen LogP contribution in [0.25, 0.3) is 0 Å². The van der Waals surface area contributed by atoms with Gasteiger partial charge in [-0.2, -0.15) is 0 Å². The van der Waals surface area contributed by atoms with E-state index in [4.69, 9.17) is 9.47 Å². The molecule has 2 aromatic carbocycles. The first-order valence-corrected chi connectivity index (χ1v) is 23.7. The summed E-state index contributed by atoms with van der Waals surface area (Å²) in [4.78, 5) is 74.7. The second kappa shape index (κ2) is 26.1. The highest BCUT2D eigenvalue weighted by Gasteiger charge is 2.43. The van der Waals surface area contributed by atoms with Gasteiger partial charge in [-0.15, -0.1) is 0 Å². The Morgan fingerprint density at radius 3 is 1.95 bits per heavy atom. The minimum atomic E-state index is -1.13. The molecule has 2 aromatic rings. The fraction of sp³-hybridized carbons (Fsp3) is 0.673. The van der Waals surface area contributed by atoms with Crippen LogP contribution in [0.2, 0.25) is 0 Å². The molecule has 0 spiro atoms. The van der Waals surface area contributed by atoms with Crippen LogP contribution in [-0.2, 0) is 52.7 Å². The number of benzene rings is 2. The molecule has 358 valence electrons. The number of likely N-dealkylation sites (tertiary alicyclic amines) is 1. The number of Topliss-reactive ketones (excluding diaryl/α,β-unsaturated/α-hetero) is 1. The molecule has 1 saturated heterocycles. The highest BCUT2D eigenvalue weighted by molar-refractivity contribution is 5.90. The number of ether oxygens (including phenoxy) is 2. The zero-order chi connectivity index (χ0) is 47.8. The van der Waals surface area contributed by atoms with Gasteiger partial charge in [0.2, 0.25) is 17.7 Å². The predicted molar refractivity (Wildman–Crippen MR) is 254 cm³/mol. The van der Waals surface area contributed by atoms with Gasteiger partial charge in [0.15, 0.2) is 5.78 Å². The van der Waals surface area contributed by atoms with Gasteiger partial charge in [-0.25, -0.2) is 4.79 Å². The number of aliphatic carboxylic acids is 1. The quantitative estimate of drug-likeness (QED) is 0.0941. The number of methoxy groups -OCH3 is 2. The Balaban J connectivity index is 1.75. The number of carbonyl (C=O) groups excluding carboxylic acids is 4. The Labute approximate surface area is 385 Å². The maximum absolute atomic E-state index is 14.7. The monoisotopic (exact) mass is 891 g/mol. The van der Waals surface area contributed by atoms with Gasteiger partial charge < -0.3 is 29.7 Å². The van der Waals surface area contributed by atoms with Crippen molar-refractivity contribution in [3.63, 3.8) is 0 Å². The summed E-state index contributed by atoms with van der Waals surface area (Å²) in [5.41, 5.74) is 3.35. The molecule has 0 saturated carbocycles. The molecule has 3 rings (SSSR count). The Morgan fingerprint density at radius 1 is 0.812 bits per heavy atom. The first-order valence-electron chi connectivity index (χ1n) is 23.7. The summed E-state index contributed by atoms with van der Waals surface area (Å²) in [5.74, 6) is -2.68. The maximum atomic E-state index is 14.7. The SMILES string of the molecule is CC[C@H](C)[C@@H]([C@@H](CC(=O)N1CCC[C@H]1[C@H](OC)[C@@H](C)C(=O)N[C@@H](Cc1ccccc1)C(=O)O)OC)N(C)C(=O)[C@@H](CC(=O)[C@H](C(C)C)N(C)CCc1ccc(CC(C)C)cc1)C(C)C. The second-order valence-corrected chi connectivity index (χ2v) is 19.5. The van der Waals surface area contributed by atoms with Crippen molar-refractivity contribution in [2.45, 2.75) is 150 Å². The normalized spacial score (nSPS) is 18.1. The van der Waals surface area contributed by atoms with E-state index in [1.54, 1.807) is 30.9 Å². The van der Waals surface area contributed by atoms with Crippen molar-refractivity contribution in [2.24, 2.45) is 35.5 Å². The van der Waals surface area contributed by atoms with Crippen LogP contribution in [0.1, 0.15) is 111 Å². The molecule has 2 N–H and O–H groups in total. The van der Waals surface area contributed by atoms with Gasteiger partial charge in [-0.3, -0.25) is 24.1 Å². The summed E-state index contributed by atoms with van der Waals surface area (Å²) in [6, 6.07) is 15.5. The third-order valence-corrected chi connectivity index (χ3v) is 13.6. The van der Waals surface area contributed by atoms with E-state index in [0.717, 1.165) is 24.8 Å². The Bertz CT molecular complexity index is 1770. The van der Waals surface area contributed by atoms with Gasteiger partial charge >= 0.3 is 5.97 Å². The standard InChI is InChI=1S/C52H82N4O8/c1-14-36(8)48(55(11)51(60)41(34(4)5)31-44(57)47(35(6)7)54(10)28-26-38-22-24-40(25-23-38)29-33(2)3)45(63-12)32-46(58)56-27-18-21-43(56)49(64-13)37(9)50(59)53-42(52(61)62)30-39-19-16-15-17-20-39/h15-17,19-20,22-25,33-37,41-43,45,47-49H,14,18,21,26-32H2,1-13H3,(H,53,59)(H,61,62)/t36-,37+,41-,42-,43-,45+,47-,48-,49+/m0/s1. The highest BCUT2D eigenvalue weighted by Crippen LogP contribution is 2.31. The van der Waals surface area contributed by atoms with E-state index in [9.17, 15) is 29.1 Å². The molecule has 12 heteroatoms. The average molecular weight is 891 g/mol. The number of carboxylic acids is 1. The van der Waals surface area contributed by atoms with Crippen LogP contribution >= 0.6 is 0 Å². The van der Waals surface area contributed by atoms with E-state index < -0.39 is 54.0 Å². The minimum absolute atomic E-state index is 0.000743. The van der Waals surface area contributed by atoms with E-state index in [0.29, 0.717) is 31.8 Å². The highest BCUT2D eigenvalue weighted by atomic mass is 16.5. The Hall–Kier alpha value is -4.13. The van der Waals surface area contributed by atoms with Gasteiger partial charge in [-0.05, 0) is 73.1 Å². The molecule has 1 fully saturated rings. The lowest BCUT2D eigenvalue weighted by atomic mass is 9.83. The van der Waals surface area contributed by atoms with Crippen LogP contribution in [0, 0.1) is 35.5 Å². The van der Waals surface area contributed by atoms with Crippen LogP contribution < -0.4 is 5.32 Å². The number of nitrogens with one attached hydrogen (secondary N) is 1. The van der Waals surface area contributed by atoms with Crippen molar-refractivity contribution in [3.8, 4) is 0 Å². The molecule has 0 unspecified atom stereocenters. The molecule has 0 bridgehead atoms. The topological polar surface area (TPSA) is 146 Å². The van der Waals surface area contributed by atoms with Crippen molar-refractivity contribution in [2.75, 3.05) is 41.4 Å². The molecule has 9 atom stereocenters. The smallest absolute Gasteiger partial charge is 0.326 e. The van der Waals surface area contributed by atoms with E-state index in [2.05, 4.69) is 76.0 Å². The van der Waals surface area contributed by atoms with E-state index in [-0.39, 0.29) is 60.7 Å². The lowest BCUT2D eigenvalue weighted by Crippen LogP contribution is -2.55. The molecule has 0 radical (unpaired) electrons. The summed E-state index contributed by atoms with van der Waals surface area (Å²) >= 11 is 0. The minimum Gasteiger partial charge on any atom is -0.480 e. The number of likely N-dealkylation sites (N-methyl/N-ethyl adjacent to an activating group) is 2. The largest absolute Gasteiger partial charge is 0.480 e. The van der Waals surface area contributed by atoms with Gasteiger partial charge in [0, 0.05) is 53.1 Å². The molecular formula is C52H82N4O8. The van der Waals surface area contributed by atoms with Crippen molar-refractivity contribution in [3.05, 3.63) is 71.3 Å². The fourth-order valence-electron chi connectivity index (χ4n) is 9.75. The van der Waals surface area contributed by atoms with Gasteiger partial charge in [0.05, 0.1) is 42.7 Å². The number of hydrogen-bond donors (Lipinski definition) is 2. The second-order valence-electron chi connectivity index (χ2n) is 19.5. The zero-order valence-corrected chi connectivity index (χ0v) is 41.3. The number of ketones is 1. The van der Waals surface area contributed by atoms with Crippen molar-refractivity contribution >= 4 is 29.5 Å². The molecule has 64 heavy (non-hydrogen) atoms. The van der Waals surface area contributed by atoms with Gasteiger partial charge in [-0.1, -0.05) is 123 Å². The van der Waals surface area contributed by atoms with Gasteiger partial charge in [0.1, 0.15) is 6.04 Å². The predicted octanol–water partition coefficient (Wildman–Crippen LogP) is 7.35. The third-order valence-electron chi connectivity index (χ3n) is 13.6. The van der Waals surface area contributed by atoms with Crippen molar-refractivity contribution < 1.29 is 38.6 Å². The third kappa shape index (κ3) is 15.2. The average Bonchev–Trinajstić information content (AvgIpc) is 3.74. The molecule has 12 nitrogen and oxygen atoms in total. The number of carboxylic acid groups (broad SMARTS) is 1. The molecule has 1 aliphatic rings. The summed E-state index contributed by atoms with van der Waals surface area (Å²) in [7, 11) is 6.86. The summed E-state index contributed by atoms with van der Waals surface area (Å²) < 4.78 is 12.0. The first-order chi connectivity index (χ1) is 30.2. The van der Waals surface area contributed by atoms with E-state index in [1.165, 1.54) is 18.2 Å². The lowest BCUT2D eigenvalue weighted by molar-refractivity contribution is -0.149. The molecule has 0 aromatic heterocycles. The molecule has 1 heterocycles. The maximum Gasteiger partial charge on any atom is 0.326 e. The number of amides is 3. The first kappa shape index (κ1) is 54.2. The molecule has 3 amide bonds. The van der Waals surface area contributed by atoms with Crippen molar-refractivity contribution in [1.29, 1.82) is 0 Å². The summed E-state index contributed by atoms with van der Waals surface area (Å²) in [6.45, 7) is 19.5. The molecule has 0 aliphatic carbocycles. The van der Waals surface area contributed by atoms with Crippen LogP contribution in [0.4, 0.5) is 0 Å². The van der Waals surface area contributed by atoms with Crippen molar-refractivity contribution in [1.82, 2.24) is 20.0 Å². The Kier molecular flexibility index (Phi) is 22.1. The zero-order valence-electron chi connectivity index (χ0n) is 41.3. The Morgan fingerprint density at radius 2 is 1.42 bits per heavy atom. The number of rotatable bonds is 27. The van der Waals surface area contributed by atoms with Crippen LogP contribution in [0.15, 0.2) is 54.6 Å². The fourth-order valence-corrected chi connectivity index (χ4v) is 9.75. The van der Waals surface area contributed by atoms with E-state index >= 15 is 0 Å². The molecule has 1 aliphatic heterocycles. The number of carbonyl (C=O) groups is 5.